The van der Waals surface area contributed by atoms with Gasteiger partial charge in [-0.05, 0) is 19.3 Å². The SMILES string of the molecule is C#CCN(CCC)C(=O)N1CCCC1CC(=O)O. The Balaban J connectivity index is 2.68. The monoisotopic (exact) mass is 252 g/mol. The summed E-state index contributed by atoms with van der Waals surface area (Å²) in [5.74, 6) is 1.61. The molecule has 0 radical (unpaired) electrons. The second-order valence-electron chi connectivity index (χ2n) is 4.50. The van der Waals surface area contributed by atoms with E-state index < -0.39 is 5.97 Å². The van der Waals surface area contributed by atoms with Gasteiger partial charge in [0.2, 0.25) is 0 Å². The van der Waals surface area contributed by atoms with E-state index >= 15 is 0 Å². The number of hydrogen-bond acceptors (Lipinski definition) is 2. The van der Waals surface area contributed by atoms with Crippen LogP contribution in [0.4, 0.5) is 4.79 Å². The average Bonchev–Trinajstić information content (AvgIpc) is 2.75. The molecule has 18 heavy (non-hydrogen) atoms. The Morgan fingerprint density at radius 1 is 1.56 bits per heavy atom. The van der Waals surface area contributed by atoms with E-state index in [4.69, 9.17) is 11.5 Å². The molecule has 1 fully saturated rings. The van der Waals surface area contributed by atoms with Gasteiger partial charge in [-0.3, -0.25) is 4.79 Å². The summed E-state index contributed by atoms with van der Waals surface area (Å²) in [7, 11) is 0. The van der Waals surface area contributed by atoms with Crippen LogP contribution in [0.25, 0.3) is 0 Å². The van der Waals surface area contributed by atoms with Crippen LogP contribution in [-0.4, -0.2) is 52.6 Å². The molecule has 1 N–H and O–H groups in total. The highest BCUT2D eigenvalue weighted by Gasteiger charge is 2.32. The lowest BCUT2D eigenvalue weighted by Crippen LogP contribution is -2.46. The minimum atomic E-state index is -0.862. The number of terminal acetylenes is 1. The van der Waals surface area contributed by atoms with Crippen molar-refractivity contribution < 1.29 is 14.7 Å². The third-order valence-corrected chi connectivity index (χ3v) is 3.08. The topological polar surface area (TPSA) is 60.9 Å². The van der Waals surface area contributed by atoms with E-state index in [1.54, 1.807) is 9.80 Å². The Morgan fingerprint density at radius 3 is 2.83 bits per heavy atom. The summed E-state index contributed by atoms with van der Waals surface area (Å²) in [6.45, 7) is 3.50. The van der Waals surface area contributed by atoms with E-state index in [-0.39, 0.29) is 25.0 Å². The number of likely N-dealkylation sites (tertiary alicyclic amines) is 1. The summed E-state index contributed by atoms with van der Waals surface area (Å²) in [5.41, 5.74) is 0. The fourth-order valence-corrected chi connectivity index (χ4v) is 2.31. The molecule has 0 bridgehead atoms. The number of nitrogens with zero attached hydrogens (tertiary/aromatic N) is 2. The lowest BCUT2D eigenvalue weighted by atomic mass is 10.1. The highest BCUT2D eigenvalue weighted by molar-refractivity contribution is 5.76. The molecule has 1 unspecified atom stereocenters. The molecular formula is C13H20N2O3. The van der Waals surface area contributed by atoms with Crippen molar-refractivity contribution in [2.75, 3.05) is 19.6 Å². The van der Waals surface area contributed by atoms with E-state index in [2.05, 4.69) is 5.92 Å². The predicted molar refractivity (Wildman–Crippen MR) is 68.1 cm³/mol. The second-order valence-corrected chi connectivity index (χ2v) is 4.50. The third-order valence-electron chi connectivity index (χ3n) is 3.08. The van der Waals surface area contributed by atoms with Gasteiger partial charge in [-0.15, -0.1) is 6.42 Å². The Bertz CT molecular complexity index is 349. The molecule has 0 aromatic heterocycles. The number of carboxylic acid groups (broad SMARTS) is 1. The van der Waals surface area contributed by atoms with Crippen LogP contribution in [0.15, 0.2) is 0 Å². The molecule has 5 nitrogen and oxygen atoms in total. The van der Waals surface area contributed by atoms with Gasteiger partial charge in [0, 0.05) is 19.1 Å². The molecule has 1 rings (SSSR count). The van der Waals surface area contributed by atoms with Gasteiger partial charge in [0.15, 0.2) is 0 Å². The van der Waals surface area contributed by atoms with Gasteiger partial charge < -0.3 is 14.9 Å². The third kappa shape index (κ3) is 3.66. The largest absolute Gasteiger partial charge is 0.481 e. The lowest BCUT2D eigenvalue weighted by Gasteiger charge is -2.30. The molecule has 100 valence electrons. The van der Waals surface area contributed by atoms with Crippen molar-refractivity contribution >= 4 is 12.0 Å². The number of hydrogen-bond donors (Lipinski definition) is 1. The highest BCUT2D eigenvalue weighted by atomic mass is 16.4. The van der Waals surface area contributed by atoms with Gasteiger partial charge in [0.05, 0.1) is 13.0 Å². The van der Waals surface area contributed by atoms with Crippen LogP contribution in [-0.2, 0) is 4.79 Å². The molecule has 1 aliphatic heterocycles. The van der Waals surface area contributed by atoms with E-state index in [0.29, 0.717) is 13.1 Å². The fraction of sp³-hybridized carbons (Fsp3) is 0.692. The highest BCUT2D eigenvalue weighted by Crippen LogP contribution is 2.21. The van der Waals surface area contributed by atoms with Crippen LogP contribution in [0.3, 0.4) is 0 Å². The van der Waals surface area contributed by atoms with Crippen LogP contribution < -0.4 is 0 Å². The first kappa shape index (κ1) is 14.4. The Morgan fingerprint density at radius 2 is 2.28 bits per heavy atom. The standard InChI is InChI=1S/C13H20N2O3/c1-3-7-14(8-4-2)13(18)15-9-5-6-11(15)10-12(16)17/h1,11H,4-10H2,2H3,(H,16,17). The summed E-state index contributed by atoms with van der Waals surface area (Å²) in [6, 6.07) is -0.314. The average molecular weight is 252 g/mol. The molecule has 1 aliphatic rings. The molecule has 5 heteroatoms. The first-order valence-electron chi connectivity index (χ1n) is 6.31. The molecule has 1 saturated heterocycles. The van der Waals surface area contributed by atoms with Crippen molar-refractivity contribution in [1.29, 1.82) is 0 Å². The summed E-state index contributed by atoms with van der Waals surface area (Å²) in [6.07, 6.45) is 7.73. The van der Waals surface area contributed by atoms with Crippen molar-refractivity contribution in [3.05, 3.63) is 0 Å². The maximum Gasteiger partial charge on any atom is 0.321 e. The zero-order chi connectivity index (χ0) is 13.5. The van der Waals surface area contributed by atoms with Crippen LogP contribution in [0.2, 0.25) is 0 Å². The smallest absolute Gasteiger partial charge is 0.321 e. The molecule has 1 atom stereocenters. The van der Waals surface area contributed by atoms with Gasteiger partial charge >= 0.3 is 12.0 Å². The summed E-state index contributed by atoms with van der Waals surface area (Å²) in [5, 5.41) is 8.83. The summed E-state index contributed by atoms with van der Waals surface area (Å²) < 4.78 is 0. The van der Waals surface area contributed by atoms with Gasteiger partial charge in [-0.1, -0.05) is 12.8 Å². The van der Waals surface area contributed by atoms with Crippen molar-refractivity contribution in [2.24, 2.45) is 0 Å². The maximum atomic E-state index is 12.3. The Labute approximate surface area is 108 Å². The normalized spacial score (nSPS) is 18.4. The van der Waals surface area contributed by atoms with E-state index in [9.17, 15) is 9.59 Å². The van der Waals surface area contributed by atoms with E-state index in [0.717, 1.165) is 19.3 Å². The van der Waals surface area contributed by atoms with Gasteiger partial charge in [0.25, 0.3) is 0 Å². The van der Waals surface area contributed by atoms with Crippen molar-refractivity contribution in [3.63, 3.8) is 0 Å². The van der Waals surface area contributed by atoms with E-state index in [1.807, 2.05) is 6.92 Å². The van der Waals surface area contributed by atoms with Crippen LogP contribution in [0.5, 0.6) is 0 Å². The Kier molecular flexibility index (Phi) is 5.50. The number of rotatable bonds is 5. The van der Waals surface area contributed by atoms with Crippen LogP contribution in [0.1, 0.15) is 32.6 Å². The number of amides is 2. The molecule has 0 aliphatic carbocycles. The first-order chi connectivity index (χ1) is 8.60. The number of urea groups is 1. The van der Waals surface area contributed by atoms with Crippen molar-refractivity contribution in [2.45, 2.75) is 38.6 Å². The molecule has 1 heterocycles. The van der Waals surface area contributed by atoms with Crippen LogP contribution >= 0.6 is 0 Å². The molecular weight excluding hydrogens is 232 g/mol. The van der Waals surface area contributed by atoms with Crippen molar-refractivity contribution in [3.8, 4) is 12.3 Å². The number of aliphatic carboxylic acids is 1. The zero-order valence-electron chi connectivity index (χ0n) is 10.8. The molecule has 2 amide bonds. The van der Waals surface area contributed by atoms with Crippen LogP contribution in [0, 0.1) is 12.3 Å². The molecule has 0 saturated carbocycles. The minimum Gasteiger partial charge on any atom is -0.481 e. The molecule has 0 aromatic rings. The Hall–Kier alpha value is -1.70. The molecule has 0 spiro atoms. The minimum absolute atomic E-state index is 0.0156. The van der Waals surface area contributed by atoms with E-state index in [1.165, 1.54) is 0 Å². The lowest BCUT2D eigenvalue weighted by molar-refractivity contribution is -0.138. The second kappa shape index (κ2) is 6.90. The summed E-state index contributed by atoms with van der Waals surface area (Å²) >= 11 is 0. The number of carbonyl (C=O) groups is 2. The summed E-state index contributed by atoms with van der Waals surface area (Å²) in [4.78, 5) is 26.3. The quantitative estimate of drug-likeness (QED) is 0.752. The molecule has 0 aromatic carbocycles. The predicted octanol–water partition coefficient (Wildman–Crippen LogP) is 1.39. The van der Waals surface area contributed by atoms with Gasteiger partial charge in [0.1, 0.15) is 0 Å². The van der Waals surface area contributed by atoms with Gasteiger partial charge in [-0.25, -0.2) is 4.79 Å². The number of carbonyl (C=O) groups excluding carboxylic acids is 1. The maximum absolute atomic E-state index is 12.3. The van der Waals surface area contributed by atoms with Gasteiger partial charge in [-0.2, -0.15) is 0 Å². The fourth-order valence-electron chi connectivity index (χ4n) is 2.31. The van der Waals surface area contributed by atoms with Crippen molar-refractivity contribution in [1.82, 2.24) is 9.80 Å². The first-order valence-corrected chi connectivity index (χ1v) is 6.31. The number of carboxylic acids is 1. The zero-order valence-corrected chi connectivity index (χ0v) is 10.8.